The third-order valence-corrected chi connectivity index (χ3v) is 5.82. The van der Waals surface area contributed by atoms with Gasteiger partial charge in [-0.15, -0.1) is 0 Å². The molecule has 0 amide bonds. The van der Waals surface area contributed by atoms with Gasteiger partial charge in [0, 0.05) is 36.0 Å². The molecule has 1 fully saturated rings. The summed E-state index contributed by atoms with van der Waals surface area (Å²) in [5, 5.41) is 5.14. The lowest BCUT2D eigenvalue weighted by Gasteiger charge is -2.29. The van der Waals surface area contributed by atoms with Crippen molar-refractivity contribution >= 4 is 10.9 Å². The third kappa shape index (κ3) is 1.33. The molecule has 3 heterocycles. The minimum absolute atomic E-state index is 0.769. The second kappa shape index (κ2) is 4.11. The van der Waals surface area contributed by atoms with Gasteiger partial charge in [-0.1, -0.05) is 31.0 Å². The first-order valence-corrected chi connectivity index (χ1v) is 8.30. The van der Waals surface area contributed by atoms with Crippen molar-refractivity contribution in [2.24, 2.45) is 0 Å². The molecular formula is C18H22N2. The Bertz CT molecular complexity index is 682. The molecule has 1 N–H and O–H groups in total. The van der Waals surface area contributed by atoms with Crippen molar-refractivity contribution in [3.05, 3.63) is 35.0 Å². The number of para-hydroxylation sites is 1. The van der Waals surface area contributed by atoms with Crippen LogP contribution < -0.4 is 5.32 Å². The first kappa shape index (κ1) is 11.4. The van der Waals surface area contributed by atoms with Gasteiger partial charge in [0.1, 0.15) is 0 Å². The summed E-state index contributed by atoms with van der Waals surface area (Å²) in [6, 6.07) is 7.85. The van der Waals surface area contributed by atoms with Crippen LogP contribution >= 0.6 is 0 Å². The number of hydrogen-bond donors (Lipinski definition) is 1. The quantitative estimate of drug-likeness (QED) is 0.771. The van der Waals surface area contributed by atoms with E-state index < -0.39 is 0 Å². The van der Waals surface area contributed by atoms with Gasteiger partial charge in [-0.2, -0.15) is 0 Å². The van der Waals surface area contributed by atoms with Gasteiger partial charge < -0.3 is 9.88 Å². The largest absolute Gasteiger partial charge is 0.340 e. The Kier molecular flexibility index (Phi) is 2.34. The molecule has 5 rings (SSSR count). The molecule has 20 heavy (non-hydrogen) atoms. The molecule has 0 bridgehead atoms. The molecular weight excluding hydrogens is 244 g/mol. The van der Waals surface area contributed by atoms with Gasteiger partial charge in [0.2, 0.25) is 0 Å². The van der Waals surface area contributed by atoms with Gasteiger partial charge in [-0.3, -0.25) is 0 Å². The van der Waals surface area contributed by atoms with Crippen LogP contribution in [0.2, 0.25) is 0 Å². The zero-order valence-electron chi connectivity index (χ0n) is 12.0. The topological polar surface area (TPSA) is 17.0 Å². The fraction of sp³-hybridized carbons (Fsp3) is 0.556. The first-order valence-electron chi connectivity index (χ1n) is 8.30. The molecule has 2 nitrogen and oxygen atoms in total. The van der Waals surface area contributed by atoms with Crippen LogP contribution in [0.4, 0.5) is 0 Å². The minimum atomic E-state index is 0.769. The summed E-state index contributed by atoms with van der Waals surface area (Å²) in [6.07, 6.45) is 8.06. The van der Waals surface area contributed by atoms with Gasteiger partial charge in [0.15, 0.2) is 0 Å². The molecule has 2 heteroatoms. The van der Waals surface area contributed by atoms with E-state index in [-0.39, 0.29) is 0 Å². The monoisotopic (exact) mass is 266 g/mol. The van der Waals surface area contributed by atoms with E-state index in [9.17, 15) is 0 Å². The van der Waals surface area contributed by atoms with E-state index in [1.807, 2.05) is 0 Å². The third-order valence-electron chi connectivity index (χ3n) is 5.82. The predicted octanol–water partition coefficient (Wildman–Crippen LogP) is 3.54. The molecule has 2 unspecified atom stereocenters. The van der Waals surface area contributed by atoms with E-state index in [1.54, 1.807) is 27.7 Å². The smallest absolute Gasteiger partial charge is 0.0524 e. The van der Waals surface area contributed by atoms with E-state index in [0.717, 1.165) is 25.0 Å². The van der Waals surface area contributed by atoms with Crippen LogP contribution in [0.15, 0.2) is 18.2 Å². The highest BCUT2D eigenvalue weighted by Crippen LogP contribution is 2.52. The van der Waals surface area contributed by atoms with Gasteiger partial charge in [0.25, 0.3) is 0 Å². The van der Waals surface area contributed by atoms with E-state index in [2.05, 4.69) is 28.1 Å². The zero-order chi connectivity index (χ0) is 13.1. The number of nitrogens with one attached hydrogen (secondary N) is 1. The number of rotatable bonds is 0. The van der Waals surface area contributed by atoms with Crippen LogP contribution in [0.1, 0.15) is 54.5 Å². The summed E-state index contributed by atoms with van der Waals surface area (Å²) in [6.45, 7) is 2.29. The molecule has 2 atom stereocenters. The summed E-state index contributed by atoms with van der Waals surface area (Å²) in [5.41, 5.74) is 6.58. The highest BCUT2D eigenvalue weighted by atomic mass is 15.1. The number of nitrogens with zero attached hydrogens (tertiary/aromatic N) is 1. The zero-order valence-corrected chi connectivity index (χ0v) is 12.0. The Hall–Kier alpha value is -1.28. The van der Waals surface area contributed by atoms with E-state index in [4.69, 9.17) is 0 Å². The molecule has 2 aliphatic heterocycles. The number of benzene rings is 1. The lowest BCUT2D eigenvalue weighted by molar-refractivity contribution is 0.326. The Labute approximate surface area is 120 Å². The van der Waals surface area contributed by atoms with Crippen LogP contribution in [-0.2, 0) is 12.8 Å². The Balaban J connectivity index is 1.83. The van der Waals surface area contributed by atoms with Crippen LogP contribution in [0.3, 0.4) is 0 Å². The van der Waals surface area contributed by atoms with Crippen molar-refractivity contribution in [2.75, 3.05) is 13.1 Å². The molecule has 1 aromatic heterocycles. The first-order chi connectivity index (χ1) is 9.95. The molecule has 3 aliphatic rings. The van der Waals surface area contributed by atoms with Crippen molar-refractivity contribution in [2.45, 2.75) is 50.5 Å². The summed E-state index contributed by atoms with van der Waals surface area (Å²) in [4.78, 5) is 0. The van der Waals surface area contributed by atoms with Gasteiger partial charge in [0.05, 0.1) is 5.52 Å². The van der Waals surface area contributed by atoms with Crippen molar-refractivity contribution in [1.82, 2.24) is 9.88 Å². The van der Waals surface area contributed by atoms with Crippen LogP contribution in [0.25, 0.3) is 10.9 Å². The number of aromatic nitrogens is 1. The lowest BCUT2D eigenvalue weighted by atomic mass is 9.81. The van der Waals surface area contributed by atoms with Crippen molar-refractivity contribution in [1.29, 1.82) is 0 Å². The summed E-state index contributed by atoms with van der Waals surface area (Å²) < 4.78 is 2.77. The van der Waals surface area contributed by atoms with E-state index in [1.165, 1.54) is 38.5 Å². The standard InChI is InChI=1S/C18H22N2/c1-2-7-16-12(4-1)14-5-3-6-15-13-8-10-19-11-9-17(13)20(16)18(14)15/h3,5-6,12,16,19H,1-2,4,7-11H2. The van der Waals surface area contributed by atoms with Gasteiger partial charge in [-0.05, 0) is 36.9 Å². The fourth-order valence-electron chi connectivity index (χ4n) is 5.05. The lowest BCUT2D eigenvalue weighted by Crippen LogP contribution is -2.19. The average Bonchev–Trinajstić information content (AvgIpc) is 2.87. The maximum absolute atomic E-state index is 3.57. The molecule has 2 aromatic rings. The molecule has 0 saturated heterocycles. The maximum Gasteiger partial charge on any atom is 0.0524 e. The normalized spacial score (nSPS) is 28.2. The van der Waals surface area contributed by atoms with Crippen molar-refractivity contribution < 1.29 is 0 Å². The highest BCUT2D eigenvalue weighted by molar-refractivity contribution is 5.90. The van der Waals surface area contributed by atoms with Crippen molar-refractivity contribution in [3.8, 4) is 0 Å². The molecule has 1 saturated carbocycles. The Morgan fingerprint density at radius 1 is 1.05 bits per heavy atom. The molecule has 0 radical (unpaired) electrons. The Morgan fingerprint density at radius 3 is 2.95 bits per heavy atom. The van der Waals surface area contributed by atoms with Crippen LogP contribution in [0.5, 0.6) is 0 Å². The average molecular weight is 266 g/mol. The molecule has 1 aromatic carbocycles. The van der Waals surface area contributed by atoms with E-state index in [0.29, 0.717) is 0 Å². The van der Waals surface area contributed by atoms with Crippen LogP contribution in [-0.4, -0.2) is 17.7 Å². The maximum atomic E-state index is 3.57. The Morgan fingerprint density at radius 2 is 1.95 bits per heavy atom. The second-order valence-corrected chi connectivity index (χ2v) is 6.75. The summed E-state index contributed by atoms with van der Waals surface area (Å²) in [7, 11) is 0. The van der Waals surface area contributed by atoms with Crippen LogP contribution in [0, 0.1) is 0 Å². The molecule has 104 valence electrons. The summed E-state index contributed by atoms with van der Waals surface area (Å²) in [5.74, 6) is 0.809. The minimum Gasteiger partial charge on any atom is -0.340 e. The number of hydrogen-bond acceptors (Lipinski definition) is 1. The molecule has 0 spiro atoms. The van der Waals surface area contributed by atoms with Crippen molar-refractivity contribution in [3.63, 3.8) is 0 Å². The highest BCUT2D eigenvalue weighted by Gasteiger charge is 2.38. The van der Waals surface area contributed by atoms with E-state index >= 15 is 0 Å². The van der Waals surface area contributed by atoms with Gasteiger partial charge >= 0.3 is 0 Å². The number of fused-ring (bicyclic) bond motifs is 6. The van der Waals surface area contributed by atoms with Gasteiger partial charge in [-0.25, -0.2) is 0 Å². The SMILES string of the molecule is c1cc2c3c(c1)c1c(n3C3CCCCC23)CCNCC1. The second-order valence-electron chi connectivity index (χ2n) is 6.75. The predicted molar refractivity (Wildman–Crippen MR) is 82.5 cm³/mol. The molecule has 1 aliphatic carbocycles. The fourth-order valence-corrected chi connectivity index (χ4v) is 5.05. The summed E-state index contributed by atoms with van der Waals surface area (Å²) >= 11 is 0.